The number of likely N-dealkylation sites (N-methyl/N-ethyl adjacent to an activating group) is 1. The summed E-state index contributed by atoms with van der Waals surface area (Å²) in [6.07, 6.45) is 0.916. The number of nitrogens with one attached hydrogen (secondary N) is 1. The van der Waals surface area contributed by atoms with E-state index in [0.717, 1.165) is 10.7 Å². The Bertz CT molecular complexity index is 612. The first-order chi connectivity index (χ1) is 10.4. The number of amides is 1. The van der Waals surface area contributed by atoms with Crippen LogP contribution in [-0.4, -0.2) is 52.0 Å². The molecule has 8 heteroatoms. The topological polar surface area (TPSA) is 75.7 Å². The predicted molar refractivity (Wildman–Crippen MR) is 83.2 cm³/mol. The van der Waals surface area contributed by atoms with Crippen LogP contribution in [0.15, 0.2) is 29.2 Å². The Labute approximate surface area is 135 Å². The van der Waals surface area contributed by atoms with E-state index in [9.17, 15) is 13.2 Å². The maximum atomic E-state index is 12.3. The van der Waals surface area contributed by atoms with Gasteiger partial charge in [0.15, 0.2) is 0 Å². The smallest absolute Gasteiger partial charge is 0.243 e. The zero-order chi connectivity index (χ0) is 16.2. The van der Waals surface area contributed by atoms with Gasteiger partial charge >= 0.3 is 0 Å². The summed E-state index contributed by atoms with van der Waals surface area (Å²) in [6.45, 7) is 1.64. The van der Waals surface area contributed by atoms with Gasteiger partial charge in [0.2, 0.25) is 15.9 Å². The van der Waals surface area contributed by atoms with Gasteiger partial charge in [0, 0.05) is 31.1 Å². The lowest BCUT2D eigenvalue weighted by molar-refractivity contribution is -0.121. The first-order valence-electron chi connectivity index (χ1n) is 6.96. The molecule has 1 aromatic carbocycles. The summed E-state index contributed by atoms with van der Waals surface area (Å²) >= 11 is 5.75. The van der Waals surface area contributed by atoms with Gasteiger partial charge in [-0.1, -0.05) is 11.6 Å². The van der Waals surface area contributed by atoms with E-state index in [-0.39, 0.29) is 17.3 Å². The minimum absolute atomic E-state index is 0.108. The first-order valence-corrected chi connectivity index (χ1v) is 8.78. The van der Waals surface area contributed by atoms with E-state index in [4.69, 9.17) is 16.3 Å². The van der Waals surface area contributed by atoms with E-state index >= 15 is 0 Å². The molecular weight excluding hydrogens is 328 g/mol. The van der Waals surface area contributed by atoms with Crippen LogP contribution in [0, 0.1) is 5.92 Å². The van der Waals surface area contributed by atoms with Crippen LogP contribution >= 0.6 is 11.6 Å². The van der Waals surface area contributed by atoms with Crippen LogP contribution in [0.2, 0.25) is 5.02 Å². The molecule has 6 nitrogen and oxygen atoms in total. The number of halogens is 1. The zero-order valence-corrected chi connectivity index (χ0v) is 13.9. The van der Waals surface area contributed by atoms with Crippen LogP contribution in [0.3, 0.4) is 0 Å². The van der Waals surface area contributed by atoms with E-state index in [0.29, 0.717) is 30.7 Å². The summed E-state index contributed by atoms with van der Waals surface area (Å²) in [5, 5.41) is 3.20. The van der Waals surface area contributed by atoms with Crippen LogP contribution in [0.5, 0.6) is 0 Å². The summed E-state index contributed by atoms with van der Waals surface area (Å²) in [5.41, 5.74) is 0. The van der Waals surface area contributed by atoms with Gasteiger partial charge in [-0.05, 0) is 30.7 Å². The van der Waals surface area contributed by atoms with E-state index < -0.39 is 10.0 Å². The maximum absolute atomic E-state index is 12.3. The highest BCUT2D eigenvalue weighted by molar-refractivity contribution is 7.89. The van der Waals surface area contributed by atoms with Crippen molar-refractivity contribution in [1.82, 2.24) is 9.62 Å². The number of ether oxygens (including phenoxy) is 1. The second-order valence-electron chi connectivity index (χ2n) is 5.25. The molecule has 1 saturated heterocycles. The number of carbonyl (C=O) groups is 1. The van der Waals surface area contributed by atoms with E-state index in [2.05, 4.69) is 5.32 Å². The number of nitrogens with zero attached hydrogens (tertiary/aromatic N) is 1. The second-order valence-corrected chi connectivity index (χ2v) is 7.73. The van der Waals surface area contributed by atoms with Gasteiger partial charge in [0.05, 0.1) is 18.0 Å². The molecule has 1 aromatic rings. The fourth-order valence-corrected chi connectivity index (χ4v) is 3.39. The first kappa shape index (κ1) is 17.2. The average molecular weight is 347 g/mol. The summed E-state index contributed by atoms with van der Waals surface area (Å²) < 4.78 is 30.9. The molecule has 1 heterocycles. The van der Waals surface area contributed by atoms with E-state index in [1.54, 1.807) is 0 Å². The van der Waals surface area contributed by atoms with Gasteiger partial charge in [-0.25, -0.2) is 8.42 Å². The number of sulfonamides is 1. The highest BCUT2D eigenvalue weighted by Gasteiger charge is 2.23. The van der Waals surface area contributed by atoms with Crippen molar-refractivity contribution in [3.05, 3.63) is 29.3 Å². The third kappa shape index (κ3) is 4.42. The Morgan fingerprint density at radius 2 is 2.09 bits per heavy atom. The molecule has 0 radical (unpaired) electrons. The normalized spacial score (nSPS) is 18.6. The Kier molecular flexibility index (Phi) is 5.80. The van der Waals surface area contributed by atoms with Crippen molar-refractivity contribution >= 4 is 27.5 Å². The van der Waals surface area contributed by atoms with Crippen molar-refractivity contribution in [2.24, 2.45) is 5.92 Å². The Balaban J connectivity index is 1.90. The number of benzene rings is 1. The van der Waals surface area contributed by atoms with Gasteiger partial charge in [0.25, 0.3) is 0 Å². The van der Waals surface area contributed by atoms with Gasteiger partial charge in [-0.15, -0.1) is 0 Å². The molecule has 0 saturated carbocycles. The van der Waals surface area contributed by atoms with Crippen molar-refractivity contribution in [3.63, 3.8) is 0 Å². The number of hydrogen-bond acceptors (Lipinski definition) is 4. The number of carbonyl (C=O) groups excluding carboxylic acids is 1. The maximum Gasteiger partial charge on any atom is 0.243 e. The van der Waals surface area contributed by atoms with E-state index in [1.165, 1.54) is 31.3 Å². The van der Waals surface area contributed by atoms with Gasteiger partial charge in [-0.3, -0.25) is 4.79 Å². The lowest BCUT2D eigenvalue weighted by Gasteiger charge is -2.17. The lowest BCUT2D eigenvalue weighted by Crippen LogP contribution is -2.40. The average Bonchev–Trinajstić information content (AvgIpc) is 2.99. The van der Waals surface area contributed by atoms with Crippen molar-refractivity contribution < 1.29 is 17.9 Å². The summed E-state index contributed by atoms with van der Waals surface area (Å²) in [4.78, 5) is 12.0. The SMILES string of the molecule is CN(CC(=O)NC[C@H]1CCOC1)S(=O)(=O)c1ccc(Cl)cc1. The summed E-state index contributed by atoms with van der Waals surface area (Å²) in [7, 11) is -2.32. The molecule has 1 aliphatic heterocycles. The highest BCUT2D eigenvalue weighted by atomic mass is 35.5. The van der Waals surface area contributed by atoms with Crippen LogP contribution in [-0.2, 0) is 19.6 Å². The second kappa shape index (κ2) is 7.41. The molecule has 0 bridgehead atoms. The van der Waals surface area contributed by atoms with Gasteiger partial charge in [0.1, 0.15) is 0 Å². The molecule has 1 aliphatic rings. The minimum Gasteiger partial charge on any atom is -0.381 e. The summed E-state index contributed by atoms with van der Waals surface area (Å²) in [5.74, 6) is -0.0194. The van der Waals surface area contributed by atoms with Crippen molar-refractivity contribution in [2.75, 3.05) is 33.4 Å². The molecule has 2 rings (SSSR count). The van der Waals surface area contributed by atoms with E-state index in [1.807, 2.05) is 0 Å². The van der Waals surface area contributed by atoms with Crippen molar-refractivity contribution in [1.29, 1.82) is 0 Å². The minimum atomic E-state index is -3.70. The number of hydrogen-bond donors (Lipinski definition) is 1. The molecule has 1 N–H and O–H groups in total. The highest BCUT2D eigenvalue weighted by Crippen LogP contribution is 2.17. The fourth-order valence-electron chi connectivity index (χ4n) is 2.13. The standard InChI is InChI=1S/C14H19ClN2O4S/c1-17(9-14(18)16-8-11-6-7-21-10-11)22(19,20)13-4-2-12(15)3-5-13/h2-5,11H,6-10H2,1H3,(H,16,18)/t11-/m1/s1. The molecule has 1 amide bonds. The lowest BCUT2D eigenvalue weighted by atomic mass is 10.1. The zero-order valence-electron chi connectivity index (χ0n) is 12.3. The third-order valence-electron chi connectivity index (χ3n) is 3.50. The van der Waals surface area contributed by atoms with Crippen molar-refractivity contribution in [3.8, 4) is 0 Å². The van der Waals surface area contributed by atoms with Crippen LogP contribution in [0.4, 0.5) is 0 Å². The Hall–Kier alpha value is -1.15. The van der Waals surface area contributed by atoms with Gasteiger partial charge < -0.3 is 10.1 Å². The molecular formula is C14H19ClN2O4S. The number of rotatable bonds is 6. The van der Waals surface area contributed by atoms with Crippen molar-refractivity contribution in [2.45, 2.75) is 11.3 Å². The Morgan fingerprint density at radius 1 is 1.41 bits per heavy atom. The molecule has 0 unspecified atom stereocenters. The summed E-state index contributed by atoms with van der Waals surface area (Å²) in [6, 6.07) is 5.84. The van der Waals surface area contributed by atoms with Crippen LogP contribution in [0.25, 0.3) is 0 Å². The molecule has 0 aromatic heterocycles. The van der Waals surface area contributed by atoms with Gasteiger partial charge in [-0.2, -0.15) is 4.31 Å². The van der Waals surface area contributed by atoms with Crippen LogP contribution < -0.4 is 5.32 Å². The Morgan fingerprint density at radius 3 is 2.68 bits per heavy atom. The molecule has 0 spiro atoms. The predicted octanol–water partition coefficient (Wildman–Crippen LogP) is 1.11. The molecule has 0 aliphatic carbocycles. The molecule has 122 valence electrons. The monoisotopic (exact) mass is 346 g/mol. The molecule has 22 heavy (non-hydrogen) atoms. The fraction of sp³-hybridized carbons (Fsp3) is 0.500. The molecule has 1 fully saturated rings. The quantitative estimate of drug-likeness (QED) is 0.837. The molecule has 1 atom stereocenters. The third-order valence-corrected chi connectivity index (χ3v) is 5.57. The largest absolute Gasteiger partial charge is 0.381 e. The van der Waals surface area contributed by atoms with Crippen LogP contribution in [0.1, 0.15) is 6.42 Å².